The molecule has 5 rings (SSSR count). The molecule has 1 aromatic carbocycles. The maximum atomic E-state index is 10.2. The molecule has 1 aromatic rings. The third kappa shape index (κ3) is 5.53. The van der Waals surface area contributed by atoms with Crippen LogP contribution in [-0.2, 0) is 4.89 Å². The largest absolute Gasteiger partial charge is 0.399 e. The lowest BCUT2D eigenvalue weighted by molar-refractivity contribution is -0.299. The Morgan fingerprint density at radius 3 is 2.39 bits per heavy atom. The van der Waals surface area contributed by atoms with Gasteiger partial charge in [0.1, 0.15) is 6.10 Å². The maximum Gasteiger partial charge on any atom is 0.121 e. The molecule has 5 N–H and O–H groups in total. The molecule has 0 radical (unpaired) electrons. The van der Waals surface area contributed by atoms with Gasteiger partial charge in [0, 0.05) is 11.4 Å². The maximum absolute atomic E-state index is 10.2. The van der Waals surface area contributed by atoms with E-state index in [9.17, 15) is 5.26 Å². The van der Waals surface area contributed by atoms with Crippen molar-refractivity contribution in [1.29, 1.82) is 0 Å². The summed E-state index contributed by atoms with van der Waals surface area (Å²) in [5.74, 6) is 4.14. The lowest BCUT2D eigenvalue weighted by Crippen LogP contribution is -2.53. The molecule has 0 heterocycles. The van der Waals surface area contributed by atoms with Crippen LogP contribution >= 0.6 is 0 Å². The predicted octanol–water partition coefficient (Wildman–Crippen LogP) is 9.99. The van der Waals surface area contributed by atoms with E-state index in [1.807, 2.05) is 12.1 Å². The minimum atomic E-state index is -0.421. The Kier molecular flexibility index (Phi) is 8.51. The van der Waals surface area contributed by atoms with E-state index in [0.717, 1.165) is 42.1 Å². The molecular formula is C37H58N2O2. The molecule has 228 valence electrons. The number of nitrogens with two attached hydrogens (primary N) is 2. The fraction of sp³-hybridized carbons (Fsp3) is 0.730. The van der Waals surface area contributed by atoms with Crippen LogP contribution in [0.2, 0.25) is 0 Å². The highest BCUT2D eigenvalue weighted by molar-refractivity contribution is 5.55. The summed E-state index contributed by atoms with van der Waals surface area (Å²) in [6.07, 6.45) is 17.3. The fourth-order valence-electron chi connectivity index (χ4n) is 11.3. The molecule has 41 heavy (non-hydrogen) atoms. The van der Waals surface area contributed by atoms with Gasteiger partial charge < -0.3 is 11.5 Å². The van der Waals surface area contributed by atoms with Gasteiger partial charge in [0.05, 0.1) is 0 Å². The molecule has 4 aliphatic carbocycles. The molecule has 0 aromatic heterocycles. The Labute approximate surface area is 250 Å². The molecule has 0 aliphatic heterocycles. The van der Waals surface area contributed by atoms with Crippen LogP contribution < -0.4 is 11.5 Å². The van der Waals surface area contributed by atoms with Gasteiger partial charge in [-0.3, -0.25) is 5.26 Å². The van der Waals surface area contributed by atoms with Crippen molar-refractivity contribution >= 4 is 11.4 Å². The first-order chi connectivity index (χ1) is 19.3. The van der Waals surface area contributed by atoms with E-state index in [4.69, 9.17) is 16.4 Å². The Morgan fingerprint density at radius 2 is 1.73 bits per heavy atom. The van der Waals surface area contributed by atoms with Gasteiger partial charge in [0.15, 0.2) is 0 Å². The molecule has 0 spiro atoms. The Morgan fingerprint density at radius 1 is 1.02 bits per heavy atom. The molecule has 4 aliphatic rings. The zero-order valence-corrected chi connectivity index (χ0v) is 27.0. The number of fused-ring (bicyclic) bond motifs is 5. The summed E-state index contributed by atoms with van der Waals surface area (Å²) in [4.78, 5) is 5.28. The molecule has 0 amide bonds. The van der Waals surface area contributed by atoms with Gasteiger partial charge in [-0.25, -0.2) is 4.89 Å². The highest BCUT2D eigenvalue weighted by atomic mass is 17.1. The number of benzene rings is 1. The number of unbranched alkanes of at least 4 members (excludes halogenated alkanes) is 1. The van der Waals surface area contributed by atoms with Crippen molar-refractivity contribution in [2.75, 3.05) is 11.5 Å². The Hall–Kier alpha value is -1.78. The van der Waals surface area contributed by atoms with Crippen LogP contribution in [0.25, 0.3) is 0 Å². The smallest absolute Gasteiger partial charge is 0.121 e. The first-order valence-electron chi connectivity index (χ1n) is 16.6. The summed E-state index contributed by atoms with van der Waals surface area (Å²) in [5, 5.41) is 10.2. The molecule has 9 atom stereocenters. The van der Waals surface area contributed by atoms with Crippen LogP contribution in [0.5, 0.6) is 0 Å². The third-order valence-corrected chi connectivity index (χ3v) is 12.7. The first-order valence-corrected chi connectivity index (χ1v) is 16.6. The van der Waals surface area contributed by atoms with E-state index >= 15 is 0 Å². The molecule has 4 nitrogen and oxygen atoms in total. The van der Waals surface area contributed by atoms with Gasteiger partial charge in [0.2, 0.25) is 0 Å². The van der Waals surface area contributed by atoms with Crippen molar-refractivity contribution in [2.24, 2.45) is 51.8 Å². The van der Waals surface area contributed by atoms with Crippen molar-refractivity contribution in [2.45, 2.75) is 119 Å². The normalized spacial score (nSPS) is 37.3. The van der Waals surface area contributed by atoms with Crippen molar-refractivity contribution in [3.8, 4) is 0 Å². The zero-order chi connectivity index (χ0) is 29.7. The molecule has 0 saturated heterocycles. The highest BCUT2D eigenvalue weighted by Gasteiger charge is 2.61. The predicted molar refractivity (Wildman–Crippen MR) is 172 cm³/mol. The van der Waals surface area contributed by atoms with Crippen LogP contribution in [-0.4, -0.2) is 5.26 Å². The fourth-order valence-corrected chi connectivity index (χ4v) is 11.3. The average molecular weight is 563 g/mol. The van der Waals surface area contributed by atoms with E-state index in [2.05, 4.69) is 60.6 Å². The Balaban J connectivity index is 1.39. The molecule has 3 saturated carbocycles. The lowest BCUT2D eigenvalue weighted by atomic mass is 9.43. The zero-order valence-electron chi connectivity index (χ0n) is 27.0. The van der Waals surface area contributed by atoms with Crippen LogP contribution in [0.15, 0.2) is 41.5 Å². The quantitative estimate of drug-likeness (QED) is 0.0968. The second-order valence-corrected chi connectivity index (χ2v) is 16.1. The van der Waals surface area contributed by atoms with Crippen LogP contribution in [0, 0.1) is 51.8 Å². The molecular weight excluding hydrogens is 504 g/mol. The van der Waals surface area contributed by atoms with Gasteiger partial charge in [-0.2, -0.15) is 0 Å². The topological polar surface area (TPSA) is 81.5 Å². The number of hydrogen-bond acceptors (Lipinski definition) is 4. The third-order valence-electron chi connectivity index (χ3n) is 12.7. The summed E-state index contributed by atoms with van der Waals surface area (Å²) >= 11 is 0. The van der Waals surface area contributed by atoms with Crippen LogP contribution in [0.3, 0.4) is 0 Å². The molecule has 3 fully saturated rings. The number of nitrogen functional groups attached to an aromatic ring is 2. The van der Waals surface area contributed by atoms with E-state index in [1.54, 1.807) is 11.6 Å². The monoisotopic (exact) mass is 562 g/mol. The second kappa shape index (κ2) is 11.4. The minimum Gasteiger partial charge on any atom is -0.399 e. The SMILES string of the molecule is CC(C)=CCCCC(C)C1CCC2C3CC=C4C(C)(C)CC(C(OO)c5cc(N)cc(N)c5)CC4(C)C3CCC12C. The number of allylic oxidation sites excluding steroid dienone is 4. The van der Waals surface area contributed by atoms with Gasteiger partial charge in [-0.1, -0.05) is 64.3 Å². The number of hydrogen-bond donors (Lipinski definition) is 3. The summed E-state index contributed by atoms with van der Waals surface area (Å²) in [5.41, 5.74) is 18.2. The second-order valence-electron chi connectivity index (χ2n) is 16.1. The van der Waals surface area contributed by atoms with Gasteiger partial charge >= 0.3 is 0 Å². The summed E-state index contributed by atoms with van der Waals surface area (Å²) in [7, 11) is 0. The van der Waals surface area contributed by atoms with Crippen LogP contribution in [0.4, 0.5) is 11.4 Å². The van der Waals surface area contributed by atoms with Gasteiger partial charge in [-0.05, 0) is 147 Å². The standard InChI is InChI=1S/C37H58N2O2/c1-23(2)10-8-9-11-24(3)30-13-14-31-29-12-15-33-35(4,5)21-26(22-37(33,7)32(29)16-17-36(30,31)6)34(41-40)25-18-27(38)20-28(39)19-25/h10,15,18-20,24,26,29-32,34,40H,8-9,11-14,16-17,21-22,38-39H2,1-7H3. The number of anilines is 2. The molecule has 9 unspecified atom stereocenters. The number of rotatable bonds is 8. The van der Waals surface area contributed by atoms with E-state index in [1.165, 1.54) is 56.9 Å². The molecule has 4 heteroatoms. The summed E-state index contributed by atoms with van der Waals surface area (Å²) in [6.45, 7) is 17.1. The van der Waals surface area contributed by atoms with E-state index in [-0.39, 0.29) is 16.7 Å². The lowest BCUT2D eigenvalue weighted by Gasteiger charge is -2.62. The van der Waals surface area contributed by atoms with Gasteiger partial charge in [0.25, 0.3) is 0 Å². The Bertz CT molecular complexity index is 1150. The average Bonchev–Trinajstić information content (AvgIpc) is 3.23. The van der Waals surface area contributed by atoms with E-state index < -0.39 is 6.10 Å². The highest BCUT2D eigenvalue weighted by Crippen LogP contribution is 2.70. The van der Waals surface area contributed by atoms with E-state index in [0.29, 0.717) is 22.7 Å². The van der Waals surface area contributed by atoms with Gasteiger partial charge in [-0.15, -0.1) is 0 Å². The molecule has 0 bridgehead atoms. The minimum absolute atomic E-state index is 0.0596. The first kappa shape index (κ1) is 30.7. The summed E-state index contributed by atoms with van der Waals surface area (Å²) < 4.78 is 0. The van der Waals surface area contributed by atoms with Crippen molar-refractivity contribution in [1.82, 2.24) is 0 Å². The summed E-state index contributed by atoms with van der Waals surface area (Å²) in [6, 6.07) is 5.62. The van der Waals surface area contributed by atoms with Crippen LogP contribution in [0.1, 0.15) is 124 Å². The van der Waals surface area contributed by atoms with Crippen molar-refractivity contribution in [3.63, 3.8) is 0 Å². The van der Waals surface area contributed by atoms with Crippen molar-refractivity contribution in [3.05, 3.63) is 47.1 Å². The van der Waals surface area contributed by atoms with Crippen molar-refractivity contribution < 1.29 is 10.1 Å².